The van der Waals surface area contributed by atoms with E-state index in [9.17, 15) is 0 Å². The van der Waals surface area contributed by atoms with E-state index < -0.39 is 0 Å². The Morgan fingerprint density at radius 3 is 2.33 bits per heavy atom. The molecular weight excluding hydrogens is 260 g/mol. The van der Waals surface area contributed by atoms with E-state index >= 15 is 0 Å². The van der Waals surface area contributed by atoms with Gasteiger partial charge in [0.2, 0.25) is 0 Å². The van der Waals surface area contributed by atoms with Crippen molar-refractivity contribution in [3.05, 3.63) is 36.4 Å². The Bertz CT molecular complexity index is 575. The normalized spacial score (nSPS) is 15.6. The van der Waals surface area contributed by atoms with Crippen molar-refractivity contribution in [1.82, 2.24) is 9.97 Å². The Labute approximate surface area is 126 Å². The van der Waals surface area contributed by atoms with Gasteiger partial charge in [0.15, 0.2) is 5.82 Å². The van der Waals surface area contributed by atoms with Crippen molar-refractivity contribution in [3.63, 3.8) is 0 Å². The summed E-state index contributed by atoms with van der Waals surface area (Å²) >= 11 is 0. The Balaban J connectivity index is 1.96. The molecule has 0 bridgehead atoms. The van der Waals surface area contributed by atoms with E-state index in [1.807, 2.05) is 25.2 Å². The van der Waals surface area contributed by atoms with E-state index in [4.69, 9.17) is 4.98 Å². The molecule has 110 valence electrons. The largest absolute Gasteiger partial charge is 0.373 e. The first-order chi connectivity index (χ1) is 10.4. The molecule has 1 aromatic carbocycles. The molecule has 2 heterocycles. The number of hydrogen-bond acceptors (Lipinski definition) is 4. The first-order valence-electron chi connectivity index (χ1n) is 7.74. The molecule has 1 aromatic heterocycles. The van der Waals surface area contributed by atoms with Gasteiger partial charge in [0.25, 0.3) is 0 Å². The molecule has 0 radical (unpaired) electrons. The topological polar surface area (TPSA) is 41.0 Å². The number of hydrogen-bond donors (Lipinski definition) is 1. The van der Waals surface area contributed by atoms with Crippen LogP contribution < -0.4 is 10.2 Å². The fraction of sp³-hybridized carbons (Fsp3) is 0.412. The Morgan fingerprint density at radius 1 is 0.952 bits per heavy atom. The minimum absolute atomic E-state index is 0.793. The summed E-state index contributed by atoms with van der Waals surface area (Å²) in [5, 5.41) is 3.15. The van der Waals surface area contributed by atoms with Gasteiger partial charge in [0.05, 0.1) is 0 Å². The standard InChI is InChI=1S/C17H22N4/c1-18-15-13-16(21-11-7-2-3-8-12-21)20-17(19-15)14-9-5-4-6-10-14/h4-6,9-10,13H,2-3,7-8,11-12H2,1H3,(H,18,19,20). The first kappa shape index (κ1) is 13.9. The van der Waals surface area contributed by atoms with Gasteiger partial charge in [-0.1, -0.05) is 43.2 Å². The van der Waals surface area contributed by atoms with E-state index in [2.05, 4.69) is 33.4 Å². The third kappa shape index (κ3) is 3.32. The number of aromatic nitrogens is 2. The van der Waals surface area contributed by atoms with Crippen LogP contribution in [0.4, 0.5) is 11.6 Å². The van der Waals surface area contributed by atoms with Gasteiger partial charge in [0, 0.05) is 31.8 Å². The minimum atomic E-state index is 0.793. The molecule has 0 saturated carbocycles. The van der Waals surface area contributed by atoms with Gasteiger partial charge >= 0.3 is 0 Å². The highest BCUT2D eigenvalue weighted by atomic mass is 15.2. The van der Waals surface area contributed by atoms with Gasteiger partial charge in [-0.2, -0.15) is 0 Å². The number of benzene rings is 1. The van der Waals surface area contributed by atoms with Gasteiger partial charge in [0.1, 0.15) is 11.6 Å². The summed E-state index contributed by atoms with van der Waals surface area (Å²) in [6.07, 6.45) is 5.15. The van der Waals surface area contributed by atoms with Crippen molar-refractivity contribution in [2.75, 3.05) is 30.4 Å². The van der Waals surface area contributed by atoms with Crippen LogP contribution in [0.5, 0.6) is 0 Å². The smallest absolute Gasteiger partial charge is 0.163 e. The molecule has 0 unspecified atom stereocenters. The molecular formula is C17H22N4. The Morgan fingerprint density at radius 2 is 1.67 bits per heavy atom. The van der Waals surface area contributed by atoms with Crippen LogP contribution in [0.15, 0.2) is 36.4 Å². The van der Waals surface area contributed by atoms with E-state index in [0.717, 1.165) is 36.1 Å². The molecule has 1 aliphatic heterocycles. The molecule has 3 rings (SSSR count). The SMILES string of the molecule is CNc1cc(N2CCCCCC2)nc(-c2ccccc2)n1. The molecule has 1 fully saturated rings. The minimum Gasteiger partial charge on any atom is -0.373 e. The van der Waals surface area contributed by atoms with Crippen LogP contribution in [-0.4, -0.2) is 30.1 Å². The summed E-state index contributed by atoms with van der Waals surface area (Å²) in [6.45, 7) is 2.18. The lowest BCUT2D eigenvalue weighted by molar-refractivity contribution is 0.726. The molecule has 1 saturated heterocycles. The van der Waals surface area contributed by atoms with Gasteiger partial charge in [-0.15, -0.1) is 0 Å². The molecule has 0 amide bonds. The first-order valence-corrected chi connectivity index (χ1v) is 7.74. The van der Waals surface area contributed by atoms with Gasteiger partial charge < -0.3 is 10.2 Å². The molecule has 0 spiro atoms. The summed E-state index contributed by atoms with van der Waals surface area (Å²) in [7, 11) is 1.91. The van der Waals surface area contributed by atoms with Gasteiger partial charge in [-0.25, -0.2) is 9.97 Å². The maximum absolute atomic E-state index is 4.79. The predicted molar refractivity (Wildman–Crippen MR) is 87.7 cm³/mol. The third-order valence-electron chi connectivity index (χ3n) is 3.93. The molecule has 2 aromatic rings. The highest BCUT2D eigenvalue weighted by Crippen LogP contribution is 2.24. The van der Waals surface area contributed by atoms with Crippen molar-refractivity contribution in [2.24, 2.45) is 0 Å². The fourth-order valence-electron chi connectivity index (χ4n) is 2.74. The molecule has 1 N–H and O–H groups in total. The number of nitrogens with one attached hydrogen (secondary N) is 1. The van der Waals surface area contributed by atoms with E-state index in [1.165, 1.54) is 25.7 Å². The van der Waals surface area contributed by atoms with E-state index in [-0.39, 0.29) is 0 Å². The van der Waals surface area contributed by atoms with Crippen LogP contribution in [0.2, 0.25) is 0 Å². The summed E-state index contributed by atoms with van der Waals surface area (Å²) in [6, 6.07) is 12.2. The second kappa shape index (κ2) is 6.57. The zero-order chi connectivity index (χ0) is 14.5. The number of rotatable bonds is 3. The van der Waals surface area contributed by atoms with Crippen LogP contribution in [0, 0.1) is 0 Å². The number of anilines is 2. The summed E-state index contributed by atoms with van der Waals surface area (Å²) in [4.78, 5) is 11.8. The second-order valence-corrected chi connectivity index (χ2v) is 5.45. The zero-order valence-corrected chi connectivity index (χ0v) is 12.5. The lowest BCUT2D eigenvalue weighted by atomic mass is 10.2. The van der Waals surface area contributed by atoms with Crippen molar-refractivity contribution in [3.8, 4) is 11.4 Å². The van der Waals surface area contributed by atoms with Crippen LogP contribution in [0.1, 0.15) is 25.7 Å². The van der Waals surface area contributed by atoms with Crippen LogP contribution in [0.3, 0.4) is 0 Å². The van der Waals surface area contributed by atoms with Gasteiger partial charge in [-0.05, 0) is 12.8 Å². The average molecular weight is 282 g/mol. The fourth-order valence-corrected chi connectivity index (χ4v) is 2.74. The molecule has 21 heavy (non-hydrogen) atoms. The molecule has 0 atom stereocenters. The highest BCUT2D eigenvalue weighted by molar-refractivity contribution is 5.61. The highest BCUT2D eigenvalue weighted by Gasteiger charge is 2.14. The number of nitrogens with zero attached hydrogens (tertiary/aromatic N) is 3. The summed E-state index contributed by atoms with van der Waals surface area (Å²) in [5.41, 5.74) is 1.06. The van der Waals surface area contributed by atoms with Crippen LogP contribution in [0.25, 0.3) is 11.4 Å². The predicted octanol–water partition coefficient (Wildman–Crippen LogP) is 3.57. The lowest BCUT2D eigenvalue weighted by Gasteiger charge is -2.22. The average Bonchev–Trinajstić information content (AvgIpc) is 2.84. The molecule has 0 aliphatic carbocycles. The second-order valence-electron chi connectivity index (χ2n) is 5.45. The molecule has 4 nitrogen and oxygen atoms in total. The quantitative estimate of drug-likeness (QED) is 0.934. The maximum Gasteiger partial charge on any atom is 0.163 e. The van der Waals surface area contributed by atoms with Gasteiger partial charge in [-0.3, -0.25) is 0 Å². The van der Waals surface area contributed by atoms with Crippen molar-refractivity contribution >= 4 is 11.6 Å². The van der Waals surface area contributed by atoms with Crippen molar-refractivity contribution < 1.29 is 0 Å². The van der Waals surface area contributed by atoms with Crippen molar-refractivity contribution in [2.45, 2.75) is 25.7 Å². The summed E-state index contributed by atoms with van der Waals surface area (Å²) < 4.78 is 0. The Hall–Kier alpha value is -2.10. The Kier molecular flexibility index (Phi) is 4.34. The van der Waals surface area contributed by atoms with E-state index in [0.29, 0.717) is 0 Å². The molecule has 1 aliphatic rings. The van der Waals surface area contributed by atoms with Crippen molar-refractivity contribution in [1.29, 1.82) is 0 Å². The monoisotopic (exact) mass is 282 g/mol. The van der Waals surface area contributed by atoms with Crippen LogP contribution >= 0.6 is 0 Å². The summed E-state index contributed by atoms with van der Waals surface area (Å²) in [5.74, 6) is 2.71. The zero-order valence-electron chi connectivity index (χ0n) is 12.5. The molecule has 4 heteroatoms. The maximum atomic E-state index is 4.79. The van der Waals surface area contributed by atoms with Crippen LogP contribution in [-0.2, 0) is 0 Å². The van der Waals surface area contributed by atoms with E-state index in [1.54, 1.807) is 0 Å². The third-order valence-corrected chi connectivity index (χ3v) is 3.93. The lowest BCUT2D eigenvalue weighted by Crippen LogP contribution is -2.25.